The van der Waals surface area contributed by atoms with Crippen LogP contribution in [-0.4, -0.2) is 8.76 Å². The van der Waals surface area contributed by atoms with Crippen molar-refractivity contribution in [3.05, 3.63) is 4.91 Å². The van der Waals surface area contributed by atoms with Crippen molar-refractivity contribution >= 4 is 21.1 Å². The molecule has 0 radical (unpaired) electrons. The molecule has 1 unspecified atom stereocenters. The molecule has 0 aromatic heterocycles. The van der Waals surface area contributed by atoms with E-state index < -0.39 is 10.1 Å². The van der Waals surface area contributed by atoms with E-state index in [1.165, 1.54) is 0 Å². The third-order valence-electron chi connectivity index (χ3n) is 0.0942. The van der Waals surface area contributed by atoms with Gasteiger partial charge < -0.3 is 0 Å². The molecule has 6 heavy (non-hydrogen) atoms. The summed E-state index contributed by atoms with van der Waals surface area (Å²) in [6, 6.07) is 0. The fourth-order valence-electron chi connectivity index (χ4n) is 0.0260. The lowest BCUT2D eigenvalue weighted by atomic mass is 13.7. The van der Waals surface area contributed by atoms with Gasteiger partial charge >= 0.3 is 0 Å². The summed E-state index contributed by atoms with van der Waals surface area (Å²) in [4.78, 5) is 8.98. The molecule has 0 saturated carbocycles. The molecule has 0 bridgehead atoms. The summed E-state index contributed by atoms with van der Waals surface area (Å²) >= 11 is 0. The van der Waals surface area contributed by atoms with Crippen molar-refractivity contribution in [3.63, 3.8) is 0 Å². The van der Waals surface area contributed by atoms with Crippen molar-refractivity contribution in [3.8, 4) is 0 Å². The number of hydrogen-bond donors (Lipinski definition) is 1. The predicted molar refractivity (Wildman–Crippen MR) is 24.2 cm³/mol. The van der Waals surface area contributed by atoms with E-state index in [0.29, 0.717) is 0 Å². The minimum atomic E-state index is -2.13. The Kier molecular flexibility index (Phi) is 3.29. The fraction of sp³-hybridized carbons (Fsp3) is 0. The summed E-state index contributed by atoms with van der Waals surface area (Å²) < 4.78 is 19.1. The van der Waals surface area contributed by atoms with E-state index in [0.717, 1.165) is 0 Å². The van der Waals surface area contributed by atoms with Crippen LogP contribution in [0.25, 0.3) is 0 Å². The highest BCUT2D eigenvalue weighted by molar-refractivity contribution is 8.66. The van der Waals surface area contributed by atoms with E-state index in [2.05, 4.69) is 4.58 Å². The largest absolute Gasteiger partial charge is 0.296 e. The molecule has 0 aliphatic carbocycles. The van der Waals surface area contributed by atoms with Crippen LogP contribution in [0.4, 0.5) is 0 Å². The molecular formula is HNO3S2. The van der Waals surface area contributed by atoms with E-state index in [9.17, 15) is 4.21 Å². The Hall–Kier alpha value is 0.0600. The predicted octanol–water partition coefficient (Wildman–Crippen LogP) is 0.538. The normalized spacial score (nSPS) is 13.5. The number of nitroso groups, excluding NO2 is 1. The van der Waals surface area contributed by atoms with Gasteiger partial charge in [0, 0.05) is 4.58 Å². The topological polar surface area (TPSA) is 66.7 Å². The third-order valence-corrected chi connectivity index (χ3v) is 0.848. The van der Waals surface area contributed by atoms with Gasteiger partial charge in [-0.3, -0.25) is 4.55 Å². The smallest absolute Gasteiger partial charge is 0.242 e. The Bertz CT molecular complexity index is 69.2. The highest BCUT2D eigenvalue weighted by atomic mass is 33.1. The summed E-state index contributed by atoms with van der Waals surface area (Å²) in [5.74, 6) is 0. The van der Waals surface area contributed by atoms with Gasteiger partial charge in [0.05, 0.1) is 0 Å². The molecule has 0 amide bonds. The fourth-order valence-corrected chi connectivity index (χ4v) is 0.234. The number of rotatable bonds is 2. The minimum absolute atomic E-state index is 0.0833. The Morgan fingerprint density at radius 1 is 1.83 bits per heavy atom. The van der Waals surface area contributed by atoms with Gasteiger partial charge in [0.1, 0.15) is 0 Å². The second kappa shape index (κ2) is 3.26. The molecule has 1 N–H and O–H groups in total. The summed E-state index contributed by atoms with van der Waals surface area (Å²) in [6.45, 7) is 0. The van der Waals surface area contributed by atoms with Gasteiger partial charge in [-0.15, -0.1) is 4.91 Å². The monoisotopic (exact) mass is 127 g/mol. The SMILES string of the molecule is O=NSS(=O)O. The number of hydrogen-bond acceptors (Lipinski definition) is 4. The van der Waals surface area contributed by atoms with Crippen molar-refractivity contribution in [1.29, 1.82) is 0 Å². The van der Waals surface area contributed by atoms with Crippen LogP contribution in [0, 0.1) is 4.91 Å². The maximum Gasteiger partial charge on any atom is 0.242 e. The standard InChI is InChI=1S/HNO3S2/c2-1-5-6(3)4/h(H,3,4). The van der Waals surface area contributed by atoms with Crippen LogP contribution in [0.2, 0.25) is 0 Å². The van der Waals surface area contributed by atoms with Gasteiger partial charge in [0.15, 0.2) is 11.0 Å². The molecule has 1 atom stereocenters. The van der Waals surface area contributed by atoms with Crippen LogP contribution in [0.3, 0.4) is 0 Å². The lowest BCUT2D eigenvalue weighted by Crippen LogP contribution is -1.68. The first-order valence-corrected chi connectivity index (χ1v) is 3.28. The van der Waals surface area contributed by atoms with Gasteiger partial charge in [-0.1, -0.05) is 0 Å². The molecular weight excluding hydrogens is 126 g/mol. The zero-order valence-corrected chi connectivity index (χ0v) is 4.16. The Balaban J connectivity index is 3.05. The van der Waals surface area contributed by atoms with Crippen molar-refractivity contribution in [1.82, 2.24) is 0 Å². The lowest BCUT2D eigenvalue weighted by Gasteiger charge is -1.69. The Morgan fingerprint density at radius 3 is 2.33 bits per heavy atom. The summed E-state index contributed by atoms with van der Waals surface area (Å²) in [7, 11) is -2.04. The van der Waals surface area contributed by atoms with Crippen LogP contribution in [0.5, 0.6) is 0 Å². The minimum Gasteiger partial charge on any atom is -0.296 e. The van der Waals surface area contributed by atoms with E-state index in [1.807, 2.05) is 0 Å². The highest BCUT2D eigenvalue weighted by Crippen LogP contribution is 2.01. The van der Waals surface area contributed by atoms with E-state index in [1.54, 1.807) is 0 Å². The maximum absolute atomic E-state index is 9.38. The van der Waals surface area contributed by atoms with Crippen LogP contribution in [0.1, 0.15) is 0 Å². The average Bonchev–Trinajstić information content (AvgIpc) is 1.35. The highest BCUT2D eigenvalue weighted by Gasteiger charge is 1.87. The molecule has 0 aliphatic heterocycles. The molecule has 0 spiro atoms. The van der Waals surface area contributed by atoms with Crippen LogP contribution < -0.4 is 0 Å². The average molecular weight is 127 g/mol. The molecule has 36 valence electrons. The zero-order chi connectivity index (χ0) is 4.99. The molecule has 0 fully saturated rings. The van der Waals surface area contributed by atoms with E-state index in [-0.39, 0.29) is 11.0 Å². The third kappa shape index (κ3) is 4.06. The summed E-state index contributed by atoms with van der Waals surface area (Å²) in [6.07, 6.45) is 0. The zero-order valence-electron chi connectivity index (χ0n) is 2.53. The van der Waals surface area contributed by atoms with Gasteiger partial charge in [0.25, 0.3) is 0 Å². The summed E-state index contributed by atoms with van der Waals surface area (Å²) in [5, 5.41) is 0. The molecule has 6 heteroatoms. The maximum atomic E-state index is 9.38. The van der Waals surface area contributed by atoms with Crippen LogP contribution in [0.15, 0.2) is 4.58 Å². The molecule has 4 nitrogen and oxygen atoms in total. The van der Waals surface area contributed by atoms with Gasteiger partial charge in [-0.05, 0) is 0 Å². The first-order valence-electron chi connectivity index (χ1n) is 0.881. The van der Waals surface area contributed by atoms with Crippen LogP contribution in [-0.2, 0) is 10.1 Å². The van der Waals surface area contributed by atoms with Crippen LogP contribution >= 0.6 is 11.0 Å². The molecule has 0 rings (SSSR count). The molecule has 0 aliphatic rings. The second-order valence-corrected chi connectivity index (χ2v) is 2.40. The molecule has 0 aromatic carbocycles. The molecule has 0 aromatic rings. The summed E-state index contributed by atoms with van der Waals surface area (Å²) in [5.41, 5.74) is 0. The first kappa shape index (κ1) is 6.06. The van der Waals surface area contributed by atoms with Gasteiger partial charge in [-0.25, -0.2) is 4.21 Å². The van der Waals surface area contributed by atoms with Crippen molar-refractivity contribution < 1.29 is 8.76 Å². The first-order chi connectivity index (χ1) is 2.77. The molecule has 0 saturated heterocycles. The van der Waals surface area contributed by atoms with Gasteiger partial charge in [0.2, 0.25) is 10.1 Å². The number of nitrogens with zero attached hydrogens (tertiary/aromatic N) is 1. The van der Waals surface area contributed by atoms with Crippen molar-refractivity contribution in [2.75, 3.05) is 0 Å². The lowest BCUT2D eigenvalue weighted by molar-refractivity contribution is 0.581. The van der Waals surface area contributed by atoms with E-state index >= 15 is 0 Å². The van der Waals surface area contributed by atoms with E-state index in [4.69, 9.17) is 9.46 Å². The Labute approximate surface area is 40.1 Å². The van der Waals surface area contributed by atoms with Gasteiger partial charge in [-0.2, -0.15) is 0 Å². The Morgan fingerprint density at radius 2 is 2.33 bits per heavy atom. The second-order valence-electron chi connectivity index (χ2n) is 0.366. The van der Waals surface area contributed by atoms with Crippen molar-refractivity contribution in [2.45, 2.75) is 0 Å². The molecule has 0 heterocycles. The quantitative estimate of drug-likeness (QED) is 0.254. The van der Waals surface area contributed by atoms with Crippen molar-refractivity contribution in [2.24, 2.45) is 4.58 Å².